The molecule has 0 saturated heterocycles. The molecule has 0 unspecified atom stereocenters. The molecule has 3 aromatic carbocycles. The van der Waals surface area contributed by atoms with Crippen molar-refractivity contribution >= 4 is 11.6 Å². The molecule has 32 heavy (non-hydrogen) atoms. The van der Waals surface area contributed by atoms with Gasteiger partial charge < -0.3 is 14.8 Å². The Morgan fingerprint density at radius 3 is 2.50 bits per heavy atom. The molecule has 0 radical (unpaired) electrons. The smallest absolute Gasteiger partial charge is 0.336 e. The van der Waals surface area contributed by atoms with Gasteiger partial charge >= 0.3 is 6.01 Å². The zero-order valence-corrected chi connectivity index (χ0v) is 17.6. The third-order valence-electron chi connectivity index (χ3n) is 4.67. The molecule has 162 valence electrons. The third kappa shape index (κ3) is 4.59. The highest BCUT2D eigenvalue weighted by Gasteiger charge is 2.15. The Morgan fingerprint density at radius 2 is 1.81 bits per heavy atom. The Bertz CT molecular complexity index is 1220. The van der Waals surface area contributed by atoms with Crippen molar-refractivity contribution < 1.29 is 18.7 Å². The van der Waals surface area contributed by atoms with Gasteiger partial charge in [-0.05, 0) is 67.6 Å². The number of halogens is 1. The van der Waals surface area contributed by atoms with Crippen molar-refractivity contribution in [3.8, 4) is 28.8 Å². The fourth-order valence-electron chi connectivity index (χ4n) is 3.10. The normalized spacial score (nSPS) is 10.6. The lowest BCUT2D eigenvalue weighted by Gasteiger charge is -2.09. The molecule has 1 heterocycles. The Labute approximate surface area is 184 Å². The number of aromatic nitrogens is 3. The van der Waals surface area contributed by atoms with Gasteiger partial charge in [0, 0.05) is 16.8 Å². The first kappa shape index (κ1) is 21.0. The van der Waals surface area contributed by atoms with Gasteiger partial charge in [0.25, 0.3) is 5.91 Å². The van der Waals surface area contributed by atoms with Crippen LogP contribution in [0.5, 0.6) is 11.8 Å². The molecule has 0 atom stereocenters. The quantitative estimate of drug-likeness (QED) is 0.457. The molecule has 0 spiro atoms. The van der Waals surface area contributed by atoms with Gasteiger partial charge in [-0.2, -0.15) is 4.98 Å². The van der Waals surface area contributed by atoms with E-state index in [0.717, 1.165) is 11.3 Å². The van der Waals surface area contributed by atoms with E-state index in [0.29, 0.717) is 29.4 Å². The number of benzene rings is 3. The summed E-state index contributed by atoms with van der Waals surface area (Å²) in [6.07, 6.45) is 0. The van der Waals surface area contributed by atoms with Crippen molar-refractivity contribution in [1.29, 1.82) is 0 Å². The number of nitrogens with one attached hydrogen (secondary N) is 1. The van der Waals surface area contributed by atoms with E-state index in [1.54, 1.807) is 23.9 Å². The maximum absolute atomic E-state index is 13.1. The highest BCUT2D eigenvalue weighted by Crippen LogP contribution is 2.27. The number of hydrogen-bond acceptors (Lipinski definition) is 5. The minimum Gasteiger partial charge on any atom is -0.497 e. The first-order valence-electron chi connectivity index (χ1n) is 9.99. The molecule has 0 fully saturated rings. The van der Waals surface area contributed by atoms with Crippen LogP contribution in [0.4, 0.5) is 10.1 Å². The Kier molecular flexibility index (Phi) is 6.12. The molecule has 0 aliphatic carbocycles. The first-order valence-corrected chi connectivity index (χ1v) is 9.99. The number of methoxy groups -OCH3 is 1. The molecule has 7 nitrogen and oxygen atoms in total. The zero-order chi connectivity index (χ0) is 22.5. The van der Waals surface area contributed by atoms with Crippen LogP contribution in [-0.2, 0) is 0 Å². The van der Waals surface area contributed by atoms with Gasteiger partial charge in [0.15, 0.2) is 5.82 Å². The highest BCUT2D eigenvalue weighted by atomic mass is 19.1. The number of rotatable bonds is 7. The number of carbonyl (C=O) groups is 1. The Morgan fingerprint density at radius 1 is 1.06 bits per heavy atom. The molecule has 0 bridgehead atoms. The van der Waals surface area contributed by atoms with Crippen molar-refractivity contribution in [3.63, 3.8) is 0 Å². The third-order valence-corrected chi connectivity index (χ3v) is 4.67. The van der Waals surface area contributed by atoms with E-state index in [1.807, 2.05) is 43.3 Å². The number of nitrogens with zero attached hydrogens (tertiary/aromatic N) is 3. The average Bonchev–Trinajstić information content (AvgIpc) is 3.24. The van der Waals surface area contributed by atoms with Gasteiger partial charge in [-0.25, -0.2) is 9.07 Å². The lowest BCUT2D eigenvalue weighted by atomic mass is 10.2. The molecule has 8 heteroatoms. The molecular weight excluding hydrogens is 411 g/mol. The minimum absolute atomic E-state index is 0.263. The topological polar surface area (TPSA) is 78.3 Å². The minimum atomic E-state index is -0.392. The van der Waals surface area contributed by atoms with Crippen LogP contribution in [-0.4, -0.2) is 34.4 Å². The van der Waals surface area contributed by atoms with Crippen LogP contribution in [0.3, 0.4) is 0 Å². The zero-order valence-electron chi connectivity index (χ0n) is 17.6. The largest absolute Gasteiger partial charge is 0.497 e. The second-order valence-electron chi connectivity index (χ2n) is 6.80. The summed E-state index contributed by atoms with van der Waals surface area (Å²) in [4.78, 5) is 16.9. The van der Waals surface area contributed by atoms with Crippen LogP contribution in [0, 0.1) is 5.82 Å². The summed E-state index contributed by atoms with van der Waals surface area (Å²) >= 11 is 0. The Balaban J connectivity index is 1.61. The summed E-state index contributed by atoms with van der Waals surface area (Å²) in [5.41, 5.74) is 2.52. The van der Waals surface area contributed by atoms with E-state index in [2.05, 4.69) is 15.4 Å². The maximum Gasteiger partial charge on any atom is 0.336 e. The van der Waals surface area contributed by atoms with Crippen LogP contribution in [0.15, 0.2) is 72.8 Å². The summed E-state index contributed by atoms with van der Waals surface area (Å²) in [6.45, 7) is 2.31. The Hall–Kier alpha value is -4.20. The standard InChI is InChI=1S/C24H21FN4O3/c1-3-32-24-27-22(17-5-4-6-21(15-17)31-2)29(28-24)20-13-11-19(12-14-20)26-23(30)16-7-9-18(25)10-8-16/h4-15H,3H2,1-2H3,(H,26,30). The summed E-state index contributed by atoms with van der Waals surface area (Å²) in [5, 5.41) is 7.26. The fourth-order valence-corrected chi connectivity index (χ4v) is 3.10. The van der Waals surface area contributed by atoms with Gasteiger partial charge in [0.05, 0.1) is 19.4 Å². The molecule has 1 amide bonds. The second kappa shape index (κ2) is 9.30. The van der Waals surface area contributed by atoms with Crippen molar-refractivity contribution in [2.75, 3.05) is 19.0 Å². The van der Waals surface area contributed by atoms with E-state index < -0.39 is 5.82 Å². The van der Waals surface area contributed by atoms with Crippen LogP contribution in [0.1, 0.15) is 17.3 Å². The maximum atomic E-state index is 13.1. The van der Waals surface area contributed by atoms with Crippen LogP contribution < -0.4 is 14.8 Å². The van der Waals surface area contributed by atoms with Crippen LogP contribution in [0.25, 0.3) is 17.1 Å². The predicted octanol–water partition coefficient (Wildman–Crippen LogP) is 4.73. The van der Waals surface area contributed by atoms with Crippen molar-refractivity contribution in [2.24, 2.45) is 0 Å². The van der Waals surface area contributed by atoms with Gasteiger partial charge in [-0.3, -0.25) is 4.79 Å². The lowest BCUT2D eigenvalue weighted by molar-refractivity contribution is 0.102. The SMILES string of the molecule is CCOc1nc(-c2cccc(OC)c2)n(-c2ccc(NC(=O)c3ccc(F)cc3)cc2)n1. The number of hydrogen-bond donors (Lipinski definition) is 1. The van der Waals surface area contributed by atoms with Crippen molar-refractivity contribution in [1.82, 2.24) is 14.8 Å². The van der Waals surface area contributed by atoms with Crippen LogP contribution in [0.2, 0.25) is 0 Å². The molecule has 1 N–H and O–H groups in total. The molecular formula is C24H21FN4O3. The summed E-state index contributed by atoms with van der Waals surface area (Å²) in [5.74, 6) is 0.579. The number of ether oxygens (including phenoxy) is 2. The summed E-state index contributed by atoms with van der Waals surface area (Å²) < 4.78 is 25.6. The molecule has 0 saturated carbocycles. The molecule has 0 aliphatic rings. The van der Waals surface area contributed by atoms with E-state index in [4.69, 9.17) is 9.47 Å². The van der Waals surface area contributed by atoms with Gasteiger partial charge in [-0.1, -0.05) is 12.1 Å². The summed E-state index contributed by atoms with van der Waals surface area (Å²) in [7, 11) is 1.61. The number of anilines is 1. The van der Waals surface area contributed by atoms with E-state index in [1.165, 1.54) is 24.3 Å². The van der Waals surface area contributed by atoms with E-state index >= 15 is 0 Å². The predicted molar refractivity (Wildman–Crippen MR) is 119 cm³/mol. The number of amides is 1. The van der Waals surface area contributed by atoms with E-state index in [-0.39, 0.29) is 11.9 Å². The highest BCUT2D eigenvalue weighted by molar-refractivity contribution is 6.04. The van der Waals surface area contributed by atoms with E-state index in [9.17, 15) is 9.18 Å². The van der Waals surface area contributed by atoms with Crippen molar-refractivity contribution in [3.05, 3.63) is 84.2 Å². The van der Waals surface area contributed by atoms with Gasteiger partial charge in [-0.15, -0.1) is 5.10 Å². The van der Waals surface area contributed by atoms with Crippen molar-refractivity contribution in [2.45, 2.75) is 6.92 Å². The molecule has 1 aromatic heterocycles. The van der Waals surface area contributed by atoms with Crippen LogP contribution >= 0.6 is 0 Å². The number of carbonyl (C=O) groups excluding carboxylic acids is 1. The average molecular weight is 432 g/mol. The van der Waals surface area contributed by atoms with Gasteiger partial charge in [0.1, 0.15) is 11.6 Å². The summed E-state index contributed by atoms with van der Waals surface area (Å²) in [6, 6.07) is 20.3. The monoisotopic (exact) mass is 432 g/mol. The molecule has 4 aromatic rings. The lowest BCUT2D eigenvalue weighted by Crippen LogP contribution is -2.11. The molecule has 0 aliphatic heterocycles. The fraction of sp³-hybridized carbons (Fsp3) is 0.125. The second-order valence-corrected chi connectivity index (χ2v) is 6.80. The molecule has 4 rings (SSSR count). The first-order chi connectivity index (χ1) is 15.6. The van der Waals surface area contributed by atoms with Gasteiger partial charge in [0.2, 0.25) is 0 Å².